The molecule has 4 saturated carbocycles. The van der Waals surface area contributed by atoms with Gasteiger partial charge < -0.3 is 15.2 Å². The summed E-state index contributed by atoms with van der Waals surface area (Å²) < 4.78 is 5.75. The molecule has 0 aromatic carbocycles. The number of esters is 1. The minimum absolute atomic E-state index is 0.0180. The Bertz CT molecular complexity index is 1180. The average molecular weight is 550 g/mol. The normalized spacial score (nSPS) is 37.7. The van der Waals surface area contributed by atoms with E-state index in [0.29, 0.717) is 23.9 Å². The van der Waals surface area contributed by atoms with E-state index >= 15 is 0 Å². The van der Waals surface area contributed by atoms with Gasteiger partial charge in [-0.3, -0.25) is 9.78 Å². The first-order valence-electron chi connectivity index (χ1n) is 16.0. The summed E-state index contributed by atoms with van der Waals surface area (Å²) >= 11 is 0. The van der Waals surface area contributed by atoms with E-state index in [2.05, 4.69) is 15.3 Å². The highest BCUT2D eigenvalue weighted by Crippen LogP contribution is 2.58. The van der Waals surface area contributed by atoms with Gasteiger partial charge in [-0.15, -0.1) is 0 Å². The van der Waals surface area contributed by atoms with Crippen molar-refractivity contribution in [2.75, 3.05) is 0 Å². The summed E-state index contributed by atoms with van der Waals surface area (Å²) in [6.45, 7) is 7.70. The molecule has 2 N–H and O–H groups in total. The third-order valence-electron chi connectivity index (χ3n) is 11.8. The van der Waals surface area contributed by atoms with Gasteiger partial charge in [0.05, 0.1) is 5.56 Å². The molecular formula is C33H47N3O4. The number of amidine groups is 1. The lowest BCUT2D eigenvalue weighted by molar-refractivity contribution is -0.126. The highest BCUT2D eigenvalue weighted by molar-refractivity contribution is 6.17. The van der Waals surface area contributed by atoms with Gasteiger partial charge >= 0.3 is 5.97 Å². The van der Waals surface area contributed by atoms with Gasteiger partial charge in [0.25, 0.3) is 5.91 Å². The fraction of sp³-hybridized carbons (Fsp3) is 0.758. The monoisotopic (exact) mass is 549 g/mol. The van der Waals surface area contributed by atoms with Crippen molar-refractivity contribution in [3.8, 4) is 0 Å². The lowest BCUT2D eigenvalue weighted by Crippen LogP contribution is -2.45. The number of aliphatic imine (C=N–C) groups is 1. The fourth-order valence-corrected chi connectivity index (χ4v) is 9.13. The van der Waals surface area contributed by atoms with E-state index in [1.54, 1.807) is 19.2 Å². The number of carbonyl (C=O) groups is 2. The van der Waals surface area contributed by atoms with Gasteiger partial charge in [0.1, 0.15) is 11.2 Å². The average Bonchev–Trinajstić information content (AvgIpc) is 3.56. The largest absolute Gasteiger partial charge is 0.432 e. The number of aliphatic hydroxyl groups excluding tert-OH is 1. The van der Waals surface area contributed by atoms with Crippen LogP contribution in [0.25, 0.3) is 0 Å². The van der Waals surface area contributed by atoms with Crippen LogP contribution in [0.3, 0.4) is 0 Å². The first-order chi connectivity index (χ1) is 19.2. The molecule has 4 unspecified atom stereocenters. The maximum Gasteiger partial charge on any atom is 0.342 e. The van der Waals surface area contributed by atoms with Crippen molar-refractivity contribution >= 4 is 17.7 Å². The zero-order valence-electron chi connectivity index (χ0n) is 24.7. The maximum atomic E-state index is 13.5. The van der Waals surface area contributed by atoms with Gasteiger partial charge in [-0.05, 0) is 118 Å². The second-order valence-electron chi connectivity index (χ2n) is 13.9. The number of hydrogen-bond donors (Lipinski definition) is 2. The first-order valence-corrected chi connectivity index (χ1v) is 16.0. The summed E-state index contributed by atoms with van der Waals surface area (Å²) in [5.74, 6) is 4.58. The van der Waals surface area contributed by atoms with Crippen molar-refractivity contribution in [1.29, 1.82) is 0 Å². The minimum atomic E-state index is -1.14. The Balaban J connectivity index is 1.15. The number of fused-ring (bicyclic) bond motifs is 5. The van der Waals surface area contributed by atoms with Crippen LogP contribution >= 0.6 is 0 Å². The Kier molecular flexibility index (Phi) is 7.56. The van der Waals surface area contributed by atoms with Crippen LogP contribution in [0.1, 0.15) is 114 Å². The molecule has 6 rings (SSSR count). The van der Waals surface area contributed by atoms with Crippen molar-refractivity contribution < 1.29 is 19.4 Å². The molecule has 40 heavy (non-hydrogen) atoms. The van der Waals surface area contributed by atoms with Crippen molar-refractivity contribution in [2.24, 2.45) is 52.3 Å². The molecule has 7 nitrogen and oxygen atoms in total. The van der Waals surface area contributed by atoms with Crippen molar-refractivity contribution in [3.05, 3.63) is 29.1 Å². The van der Waals surface area contributed by atoms with Gasteiger partial charge in [-0.1, -0.05) is 33.6 Å². The number of aliphatic hydroxyl groups is 1. The van der Waals surface area contributed by atoms with Crippen LogP contribution in [0.4, 0.5) is 0 Å². The van der Waals surface area contributed by atoms with E-state index in [0.717, 1.165) is 54.4 Å². The molecule has 0 radical (unpaired) electrons. The van der Waals surface area contributed by atoms with Crippen LogP contribution < -0.4 is 5.32 Å². The molecule has 4 aliphatic carbocycles. The number of aromatic nitrogens is 1. The molecule has 4 fully saturated rings. The zero-order chi connectivity index (χ0) is 28.2. The number of nitrogens with one attached hydrogen (secondary N) is 1. The zero-order valence-corrected chi connectivity index (χ0v) is 24.7. The Hall–Kier alpha value is -2.28. The minimum Gasteiger partial charge on any atom is -0.432 e. The third kappa shape index (κ3) is 4.80. The molecule has 0 spiro atoms. The molecule has 1 aromatic heterocycles. The van der Waals surface area contributed by atoms with Crippen molar-refractivity contribution in [1.82, 2.24) is 10.3 Å². The van der Waals surface area contributed by atoms with Crippen LogP contribution in [-0.2, 0) is 16.0 Å². The van der Waals surface area contributed by atoms with E-state index in [1.807, 2.05) is 20.8 Å². The van der Waals surface area contributed by atoms with Crippen molar-refractivity contribution in [3.63, 3.8) is 0 Å². The maximum absolute atomic E-state index is 13.5. The van der Waals surface area contributed by atoms with E-state index in [9.17, 15) is 14.7 Å². The van der Waals surface area contributed by atoms with Crippen LogP contribution in [0.5, 0.6) is 0 Å². The molecule has 1 aromatic rings. The highest BCUT2D eigenvalue weighted by Gasteiger charge is 2.50. The lowest BCUT2D eigenvalue weighted by Gasteiger charge is -2.53. The van der Waals surface area contributed by atoms with E-state index in [1.165, 1.54) is 44.9 Å². The molecule has 218 valence electrons. The first kappa shape index (κ1) is 27.9. The molecule has 7 heteroatoms. The number of hydrogen-bond acceptors (Lipinski definition) is 6. The summed E-state index contributed by atoms with van der Waals surface area (Å²) in [5.41, 5.74) is 0.510. The summed E-state index contributed by atoms with van der Waals surface area (Å²) in [6.07, 6.45) is 14.0. The molecule has 5 aliphatic rings. The topological polar surface area (TPSA) is 101 Å². The Morgan fingerprint density at radius 1 is 1.05 bits per heavy atom. The Morgan fingerprint density at radius 3 is 2.45 bits per heavy atom. The van der Waals surface area contributed by atoms with E-state index < -0.39 is 17.8 Å². The number of carbonyl (C=O) groups excluding carboxylic acids is 2. The summed E-state index contributed by atoms with van der Waals surface area (Å²) in [7, 11) is 0. The molecule has 0 saturated heterocycles. The smallest absolute Gasteiger partial charge is 0.342 e. The molecular weight excluding hydrogens is 502 g/mol. The van der Waals surface area contributed by atoms with Crippen LogP contribution in [0.2, 0.25) is 0 Å². The standard InChI is InChI=1S/C33H47N3O4/c1-5-19-15-27(28(34-17-19)29-35-32(39)33(4,36-29)18(2)3)31(38)40-30(37)22-11-12-24-21(16-22)10-14-25-23-8-6-7-20(23)9-13-26(24)25/h15,17-18,20-26,30,37H,5-14,16H2,1-4H3,(H,35,36,39)/t20-,21?,22?,23+,24-,25-,26+,30?,33?/m0/s1. The molecule has 1 amide bonds. The van der Waals surface area contributed by atoms with Gasteiger partial charge in [0.15, 0.2) is 5.84 Å². The van der Waals surface area contributed by atoms with Gasteiger partial charge in [-0.25, -0.2) is 9.79 Å². The predicted octanol–water partition coefficient (Wildman–Crippen LogP) is 5.68. The van der Waals surface area contributed by atoms with E-state index in [4.69, 9.17) is 4.74 Å². The summed E-state index contributed by atoms with van der Waals surface area (Å²) in [6, 6.07) is 1.76. The SMILES string of the molecule is CCc1cnc(C2=NC(C)(C(C)C)C(=O)N2)c(C(=O)OC(O)C2CC[C@H]3C(CC[C@H]4[C@@H]5CCC[C@H]5CC[C@@H]43)C2)c1. The summed E-state index contributed by atoms with van der Waals surface area (Å²) in [5, 5.41) is 14.0. The second-order valence-corrected chi connectivity index (χ2v) is 13.9. The van der Waals surface area contributed by atoms with Crippen molar-refractivity contribution in [2.45, 2.75) is 110 Å². The van der Waals surface area contributed by atoms with Crippen LogP contribution in [0.15, 0.2) is 17.3 Å². The van der Waals surface area contributed by atoms with Gasteiger partial charge in [-0.2, -0.15) is 0 Å². The lowest BCUT2D eigenvalue weighted by atomic mass is 9.53. The fourth-order valence-electron chi connectivity index (χ4n) is 9.13. The van der Waals surface area contributed by atoms with Gasteiger partial charge in [0.2, 0.25) is 6.29 Å². The molecule has 9 atom stereocenters. The van der Waals surface area contributed by atoms with Crippen LogP contribution in [-0.4, -0.2) is 39.6 Å². The highest BCUT2D eigenvalue weighted by atomic mass is 16.6. The van der Waals surface area contributed by atoms with Gasteiger partial charge in [0, 0.05) is 12.1 Å². The number of rotatable bonds is 6. The quantitative estimate of drug-likeness (QED) is 0.351. The summed E-state index contributed by atoms with van der Waals surface area (Å²) in [4.78, 5) is 35.4. The molecule has 0 bridgehead atoms. The molecule has 2 heterocycles. The molecule has 1 aliphatic heterocycles. The van der Waals surface area contributed by atoms with Crippen LogP contribution in [0, 0.1) is 47.3 Å². The number of nitrogens with zero attached hydrogens (tertiary/aromatic N) is 2. The van der Waals surface area contributed by atoms with E-state index in [-0.39, 0.29) is 23.3 Å². The Labute approximate surface area is 239 Å². The third-order valence-corrected chi connectivity index (χ3v) is 11.8. The number of pyridine rings is 1. The number of ether oxygens (including phenoxy) is 1. The number of aryl methyl sites for hydroxylation is 1. The number of amides is 1. The predicted molar refractivity (Wildman–Crippen MR) is 154 cm³/mol. The second kappa shape index (κ2) is 10.8. The Morgan fingerprint density at radius 2 is 1.75 bits per heavy atom.